The first-order valence-electron chi connectivity index (χ1n) is 11.4. The molecule has 2 aliphatic rings. The van der Waals surface area contributed by atoms with Crippen LogP contribution in [0.5, 0.6) is 0 Å². The lowest BCUT2D eigenvalue weighted by atomic mass is 10.4. The molecular formula is C24H28S4Si5. The largest absolute Gasteiger partial charge is 0.185 e. The fraction of sp³-hybridized carbons (Fsp3) is 0.333. The van der Waals surface area contributed by atoms with E-state index in [4.69, 9.17) is 0 Å². The number of hydrogen-bond donors (Lipinski definition) is 0. The molecule has 0 atom stereocenters. The molecule has 1 spiro atoms. The van der Waals surface area contributed by atoms with Gasteiger partial charge in [0.05, 0.1) is 35.2 Å². The minimum absolute atomic E-state index is 0.448. The standard InChI is InChI=1S/C24H28S4Si5/c1-29(2)17-9-13-21(25-17)22-14(10-18(26-22)30(3)4)33(13)15-11-19(31(5)6)27-23(15)24-16(33)12-20(28-24)32(7)8/h9-12H,1-8H3. The van der Waals surface area contributed by atoms with Crippen LogP contribution in [0.25, 0.3) is 19.5 Å². The molecule has 0 saturated heterocycles. The molecule has 4 aromatic rings. The van der Waals surface area contributed by atoms with Gasteiger partial charge >= 0.3 is 0 Å². The normalized spacial score (nSPS) is 15.4. The zero-order valence-electron chi connectivity index (χ0n) is 20.4. The molecule has 0 aliphatic carbocycles. The van der Waals surface area contributed by atoms with Gasteiger partial charge in [0, 0.05) is 19.5 Å². The minimum atomic E-state index is -2.15. The molecule has 0 bridgehead atoms. The van der Waals surface area contributed by atoms with Crippen molar-refractivity contribution in [1.29, 1.82) is 0 Å². The van der Waals surface area contributed by atoms with Crippen molar-refractivity contribution < 1.29 is 0 Å². The van der Waals surface area contributed by atoms with E-state index in [1.54, 1.807) is 58.3 Å². The molecule has 6 rings (SSSR count). The Balaban J connectivity index is 1.75. The molecule has 6 heterocycles. The van der Waals surface area contributed by atoms with Crippen LogP contribution in [0.1, 0.15) is 0 Å². The van der Waals surface area contributed by atoms with E-state index >= 15 is 0 Å². The predicted octanol–water partition coefficient (Wildman–Crippen LogP) is 3.12. The molecule has 4 radical (unpaired) electrons. The highest BCUT2D eigenvalue weighted by atomic mass is 32.1. The van der Waals surface area contributed by atoms with Gasteiger partial charge < -0.3 is 0 Å². The van der Waals surface area contributed by atoms with Gasteiger partial charge in [-0.05, 0) is 38.7 Å². The molecule has 0 saturated carbocycles. The summed E-state index contributed by atoms with van der Waals surface area (Å²) in [7, 11) is -3.94. The van der Waals surface area contributed by atoms with Gasteiger partial charge in [0.2, 0.25) is 0 Å². The van der Waals surface area contributed by atoms with E-state index in [1.807, 2.05) is 0 Å². The fourth-order valence-electron chi connectivity index (χ4n) is 5.21. The summed E-state index contributed by atoms with van der Waals surface area (Å²) in [5, 5.41) is 7.05. The quantitative estimate of drug-likeness (QED) is 0.280. The van der Waals surface area contributed by atoms with E-state index in [-0.39, 0.29) is 0 Å². The van der Waals surface area contributed by atoms with Gasteiger partial charge in [-0.2, -0.15) is 0 Å². The summed E-state index contributed by atoms with van der Waals surface area (Å²) in [6.45, 7) is 19.8. The van der Waals surface area contributed by atoms with Crippen LogP contribution in [0.15, 0.2) is 24.3 Å². The van der Waals surface area contributed by atoms with E-state index in [2.05, 4.69) is 122 Å². The number of thiophene rings is 4. The Hall–Kier alpha value is -0.116. The first kappa shape index (κ1) is 23.3. The van der Waals surface area contributed by atoms with Gasteiger partial charge in [-0.1, -0.05) is 76.6 Å². The Morgan fingerprint density at radius 3 is 0.818 bits per heavy atom. The summed E-state index contributed by atoms with van der Waals surface area (Å²) in [5.41, 5.74) is 0. The Morgan fingerprint density at radius 2 is 0.636 bits per heavy atom. The lowest BCUT2D eigenvalue weighted by Gasteiger charge is -2.25. The van der Waals surface area contributed by atoms with Crippen molar-refractivity contribution in [3.05, 3.63) is 24.3 Å². The van der Waals surface area contributed by atoms with Gasteiger partial charge in [-0.25, -0.2) is 0 Å². The third kappa shape index (κ3) is 3.10. The summed E-state index contributed by atoms with van der Waals surface area (Å²) in [4.78, 5) is 6.64. The maximum Gasteiger partial charge on any atom is 0.185 e. The number of hydrogen-bond acceptors (Lipinski definition) is 4. The smallest absolute Gasteiger partial charge is 0.145 e. The zero-order valence-corrected chi connectivity index (χ0v) is 28.7. The predicted molar refractivity (Wildman–Crippen MR) is 168 cm³/mol. The van der Waals surface area contributed by atoms with Gasteiger partial charge in [0.15, 0.2) is 8.07 Å². The van der Waals surface area contributed by atoms with Crippen LogP contribution in [-0.4, -0.2) is 43.3 Å². The summed E-state index contributed by atoms with van der Waals surface area (Å²) in [6, 6.07) is 10.8. The van der Waals surface area contributed by atoms with Crippen LogP contribution in [-0.2, 0) is 0 Å². The van der Waals surface area contributed by atoms with Crippen LogP contribution in [0.3, 0.4) is 0 Å². The van der Waals surface area contributed by atoms with Crippen molar-refractivity contribution in [3.63, 3.8) is 0 Å². The van der Waals surface area contributed by atoms with Crippen molar-refractivity contribution in [1.82, 2.24) is 0 Å². The molecule has 0 nitrogen and oxygen atoms in total. The van der Waals surface area contributed by atoms with E-state index in [0.29, 0.717) is 0 Å². The van der Waals surface area contributed by atoms with Crippen molar-refractivity contribution in [2.75, 3.05) is 0 Å². The van der Waals surface area contributed by atoms with Gasteiger partial charge in [-0.15, -0.1) is 45.3 Å². The second-order valence-corrected chi connectivity index (χ2v) is 29.6. The van der Waals surface area contributed by atoms with Gasteiger partial charge in [0.25, 0.3) is 0 Å². The number of rotatable bonds is 4. The number of fused-ring (bicyclic) bond motifs is 10. The first-order valence-corrected chi connectivity index (χ1v) is 26.7. The third-order valence-corrected chi connectivity index (χ3v) is 27.2. The van der Waals surface area contributed by atoms with Crippen molar-refractivity contribution in [2.24, 2.45) is 0 Å². The van der Waals surface area contributed by atoms with Gasteiger partial charge in [0.1, 0.15) is 0 Å². The van der Waals surface area contributed by atoms with E-state index in [0.717, 1.165) is 0 Å². The minimum Gasteiger partial charge on any atom is -0.145 e. The zero-order chi connectivity index (χ0) is 23.4. The highest BCUT2D eigenvalue weighted by Gasteiger charge is 2.57. The van der Waals surface area contributed by atoms with Crippen LogP contribution in [0.4, 0.5) is 0 Å². The van der Waals surface area contributed by atoms with E-state index in [1.165, 1.54) is 0 Å². The molecular weight excluding hydrogens is 557 g/mol. The first-order chi connectivity index (χ1) is 15.6. The van der Waals surface area contributed by atoms with Crippen LogP contribution in [0.2, 0.25) is 52.4 Å². The topological polar surface area (TPSA) is 0 Å². The Morgan fingerprint density at radius 1 is 0.424 bits per heavy atom. The average molecular weight is 585 g/mol. The molecule has 0 amide bonds. The average Bonchev–Trinajstić information content (AvgIpc) is 3.51. The fourth-order valence-corrected chi connectivity index (χ4v) is 23.9. The van der Waals surface area contributed by atoms with Crippen LogP contribution >= 0.6 is 45.3 Å². The second-order valence-electron chi connectivity index (χ2n) is 10.2. The highest BCUT2D eigenvalue weighted by molar-refractivity contribution is 7.44. The third-order valence-electron chi connectivity index (χ3n) is 6.93. The van der Waals surface area contributed by atoms with E-state index in [9.17, 15) is 0 Å². The van der Waals surface area contributed by atoms with Crippen molar-refractivity contribution in [3.8, 4) is 19.5 Å². The lowest BCUT2D eigenvalue weighted by molar-refractivity contribution is 1.95. The second kappa shape index (κ2) is 7.94. The summed E-state index contributed by atoms with van der Waals surface area (Å²) in [5.74, 6) is 0. The monoisotopic (exact) mass is 584 g/mol. The maximum atomic E-state index is 2.71. The molecule has 0 fully saturated rings. The maximum absolute atomic E-state index is 2.71. The Kier molecular flexibility index (Phi) is 5.61. The molecule has 33 heavy (non-hydrogen) atoms. The van der Waals surface area contributed by atoms with Crippen LogP contribution in [0, 0.1) is 0 Å². The molecule has 9 heteroatoms. The lowest BCUT2D eigenvalue weighted by Crippen LogP contribution is -2.70. The summed E-state index contributed by atoms with van der Waals surface area (Å²) < 4.78 is 6.73. The molecule has 0 aromatic carbocycles. The molecule has 4 aromatic heterocycles. The Bertz CT molecular complexity index is 1180. The van der Waals surface area contributed by atoms with Crippen LogP contribution < -0.4 is 38.7 Å². The highest BCUT2D eigenvalue weighted by Crippen LogP contribution is 2.42. The Labute approximate surface area is 221 Å². The summed E-state index contributed by atoms with van der Waals surface area (Å²) in [6.07, 6.45) is 0. The molecule has 2 aliphatic heterocycles. The van der Waals surface area contributed by atoms with Gasteiger partial charge in [-0.3, -0.25) is 0 Å². The summed E-state index contributed by atoms with van der Waals surface area (Å²) >= 11 is 8.62. The van der Waals surface area contributed by atoms with Crippen molar-refractivity contribution >= 4 is 127 Å². The van der Waals surface area contributed by atoms with Crippen molar-refractivity contribution in [2.45, 2.75) is 52.4 Å². The molecule has 0 unspecified atom stereocenters. The molecule has 0 N–H and O–H groups in total. The SMILES string of the molecule is C[Si](C)c1cc2c(s1)-c1sc([Si](C)C)cc1[Si]21c2cc([Si](C)C)sc2-c2sc([Si](C)C)cc21. The van der Waals surface area contributed by atoms with E-state index < -0.39 is 43.3 Å². The molecule has 168 valence electrons.